The lowest BCUT2D eigenvalue weighted by Gasteiger charge is -2.10. The van der Waals surface area contributed by atoms with Gasteiger partial charge in [0.15, 0.2) is 0 Å². The number of thiazole rings is 1. The maximum absolute atomic E-state index is 12.8. The molecule has 1 amide bonds. The van der Waals surface area contributed by atoms with E-state index in [1.165, 1.54) is 4.57 Å². The number of aryl methyl sites for hydroxylation is 1. The molecule has 0 aliphatic rings. The van der Waals surface area contributed by atoms with Crippen molar-refractivity contribution in [3.8, 4) is 10.6 Å². The van der Waals surface area contributed by atoms with E-state index in [4.69, 9.17) is 4.98 Å². The summed E-state index contributed by atoms with van der Waals surface area (Å²) >= 11 is 1.58. The van der Waals surface area contributed by atoms with Crippen LogP contribution in [0, 0.1) is 0 Å². The van der Waals surface area contributed by atoms with Crippen molar-refractivity contribution in [3.63, 3.8) is 0 Å². The molecule has 2 heterocycles. The summed E-state index contributed by atoms with van der Waals surface area (Å²) in [5.74, 6) is -0.262. The summed E-state index contributed by atoms with van der Waals surface area (Å²) in [5, 5.41) is 3.80. The molecule has 5 aromatic rings. The summed E-state index contributed by atoms with van der Waals surface area (Å²) in [4.78, 5) is 30.1. The maximum atomic E-state index is 12.8. The van der Waals surface area contributed by atoms with Crippen LogP contribution in [0.2, 0.25) is 0 Å². The van der Waals surface area contributed by atoms with Gasteiger partial charge >= 0.3 is 5.69 Å². The van der Waals surface area contributed by atoms with Gasteiger partial charge in [0.2, 0.25) is 5.91 Å². The second-order valence-electron chi connectivity index (χ2n) is 7.00. The molecule has 0 atom stereocenters. The molecular weight excluding hydrogens is 396 g/mol. The fourth-order valence-corrected chi connectivity index (χ4v) is 4.62. The number of carbonyl (C=O) groups excluding carboxylic acids is 1. The number of anilines is 1. The Morgan fingerprint density at radius 1 is 0.967 bits per heavy atom. The Balaban J connectivity index is 1.47. The average molecular weight is 414 g/mol. The highest BCUT2D eigenvalue weighted by atomic mass is 32.1. The normalized spacial score (nSPS) is 11.2. The van der Waals surface area contributed by atoms with E-state index in [1.807, 2.05) is 72.8 Å². The third kappa shape index (κ3) is 3.09. The average Bonchev–Trinajstić information content (AvgIpc) is 3.30. The molecule has 0 fully saturated rings. The van der Waals surface area contributed by atoms with E-state index in [9.17, 15) is 9.59 Å². The van der Waals surface area contributed by atoms with E-state index in [2.05, 4.69) is 5.32 Å². The molecule has 30 heavy (non-hydrogen) atoms. The highest BCUT2D eigenvalue weighted by Gasteiger charge is 2.16. The topological polar surface area (TPSA) is 68.9 Å². The van der Waals surface area contributed by atoms with E-state index in [0.29, 0.717) is 5.69 Å². The molecule has 2 aromatic heterocycles. The Morgan fingerprint density at radius 3 is 2.50 bits per heavy atom. The number of rotatable bonds is 4. The van der Waals surface area contributed by atoms with Gasteiger partial charge in [0.25, 0.3) is 0 Å². The largest absolute Gasteiger partial charge is 0.329 e. The minimum Gasteiger partial charge on any atom is -0.324 e. The van der Waals surface area contributed by atoms with E-state index in [-0.39, 0.29) is 18.1 Å². The molecule has 0 aliphatic heterocycles. The van der Waals surface area contributed by atoms with E-state index in [0.717, 1.165) is 31.8 Å². The van der Waals surface area contributed by atoms with Gasteiger partial charge in [-0.25, -0.2) is 9.78 Å². The Kier molecular flexibility index (Phi) is 4.44. The van der Waals surface area contributed by atoms with Crippen molar-refractivity contribution >= 4 is 44.2 Å². The zero-order valence-corrected chi connectivity index (χ0v) is 17.0. The monoisotopic (exact) mass is 414 g/mol. The molecule has 5 rings (SSSR count). The molecule has 0 saturated carbocycles. The summed E-state index contributed by atoms with van der Waals surface area (Å²) in [6.45, 7) is -0.0611. The van der Waals surface area contributed by atoms with Crippen molar-refractivity contribution < 1.29 is 4.79 Å². The second-order valence-corrected chi connectivity index (χ2v) is 8.03. The number of amides is 1. The number of hydrogen-bond acceptors (Lipinski definition) is 4. The molecule has 0 saturated heterocycles. The van der Waals surface area contributed by atoms with Crippen molar-refractivity contribution in [2.45, 2.75) is 6.54 Å². The fraction of sp³-hybridized carbons (Fsp3) is 0.0870. The maximum Gasteiger partial charge on any atom is 0.329 e. The zero-order valence-electron chi connectivity index (χ0n) is 16.2. The van der Waals surface area contributed by atoms with Crippen LogP contribution < -0.4 is 11.0 Å². The second kappa shape index (κ2) is 7.27. The first-order chi connectivity index (χ1) is 14.6. The number of aromatic nitrogens is 3. The van der Waals surface area contributed by atoms with Crippen LogP contribution in [-0.4, -0.2) is 20.0 Å². The van der Waals surface area contributed by atoms with Crippen LogP contribution in [0.15, 0.2) is 77.6 Å². The molecular formula is C23H18N4O2S. The van der Waals surface area contributed by atoms with Gasteiger partial charge < -0.3 is 5.32 Å². The van der Waals surface area contributed by atoms with Gasteiger partial charge in [-0.1, -0.05) is 36.4 Å². The van der Waals surface area contributed by atoms with Crippen molar-refractivity contribution in [1.82, 2.24) is 14.1 Å². The standard InChI is InChI=1S/C23H18N4O2S/c1-26-18-11-5-6-12-19(18)27(23(26)29)14-21(28)24-16-9-3-2-8-15(16)22-25-17-10-4-7-13-20(17)30-22/h2-13H,14H2,1H3,(H,24,28). The quantitative estimate of drug-likeness (QED) is 0.478. The van der Waals surface area contributed by atoms with Gasteiger partial charge in [-0.15, -0.1) is 11.3 Å². The SMILES string of the molecule is Cn1c(=O)n(CC(=O)Nc2ccccc2-c2nc3ccccc3s2)c2ccccc21. The summed E-state index contributed by atoms with van der Waals surface area (Å²) in [6.07, 6.45) is 0. The summed E-state index contributed by atoms with van der Waals surface area (Å²) < 4.78 is 4.14. The van der Waals surface area contributed by atoms with Gasteiger partial charge in [0.05, 0.1) is 26.9 Å². The van der Waals surface area contributed by atoms with Crippen LogP contribution in [0.1, 0.15) is 0 Å². The number of nitrogens with zero attached hydrogens (tertiary/aromatic N) is 3. The van der Waals surface area contributed by atoms with Crippen molar-refractivity contribution in [3.05, 3.63) is 83.3 Å². The van der Waals surface area contributed by atoms with Gasteiger partial charge in [0, 0.05) is 12.6 Å². The number of imidazole rings is 1. The highest BCUT2D eigenvalue weighted by Crippen LogP contribution is 2.34. The number of fused-ring (bicyclic) bond motifs is 2. The van der Waals surface area contributed by atoms with Gasteiger partial charge in [-0.2, -0.15) is 0 Å². The molecule has 0 aliphatic carbocycles. The molecule has 1 N–H and O–H groups in total. The number of benzene rings is 3. The first-order valence-corrected chi connectivity index (χ1v) is 10.3. The lowest BCUT2D eigenvalue weighted by atomic mass is 10.2. The number of para-hydroxylation sites is 4. The molecule has 6 nitrogen and oxygen atoms in total. The Hall–Kier alpha value is -3.71. The molecule has 0 spiro atoms. The predicted octanol–water partition coefficient (Wildman–Crippen LogP) is 4.26. The Labute approximate surface area is 176 Å². The fourth-order valence-electron chi connectivity index (χ4n) is 3.62. The Morgan fingerprint density at radius 2 is 1.67 bits per heavy atom. The molecule has 0 unspecified atom stereocenters. The van der Waals surface area contributed by atoms with E-state index < -0.39 is 0 Å². The minimum absolute atomic E-state index is 0.0611. The van der Waals surface area contributed by atoms with Crippen LogP contribution in [-0.2, 0) is 18.4 Å². The lowest BCUT2D eigenvalue weighted by molar-refractivity contribution is -0.116. The van der Waals surface area contributed by atoms with Crippen LogP contribution in [0.4, 0.5) is 5.69 Å². The Bertz CT molecular complexity index is 1430. The first-order valence-electron chi connectivity index (χ1n) is 9.51. The summed E-state index contributed by atoms with van der Waals surface area (Å²) in [6, 6.07) is 23.0. The molecule has 7 heteroatoms. The highest BCUT2D eigenvalue weighted by molar-refractivity contribution is 7.21. The van der Waals surface area contributed by atoms with Crippen LogP contribution in [0.25, 0.3) is 31.8 Å². The van der Waals surface area contributed by atoms with Gasteiger partial charge in [-0.05, 0) is 36.4 Å². The van der Waals surface area contributed by atoms with Gasteiger partial charge in [0.1, 0.15) is 11.6 Å². The molecule has 0 bridgehead atoms. The van der Waals surface area contributed by atoms with E-state index in [1.54, 1.807) is 23.0 Å². The number of nitrogens with one attached hydrogen (secondary N) is 1. The van der Waals surface area contributed by atoms with Gasteiger partial charge in [-0.3, -0.25) is 13.9 Å². The number of hydrogen-bond donors (Lipinski definition) is 1. The minimum atomic E-state index is -0.262. The first kappa shape index (κ1) is 18.3. The van der Waals surface area contributed by atoms with Crippen LogP contribution in [0.5, 0.6) is 0 Å². The van der Waals surface area contributed by atoms with Crippen molar-refractivity contribution in [2.24, 2.45) is 7.05 Å². The predicted molar refractivity (Wildman–Crippen MR) is 121 cm³/mol. The molecule has 3 aromatic carbocycles. The van der Waals surface area contributed by atoms with Crippen molar-refractivity contribution in [1.29, 1.82) is 0 Å². The number of carbonyl (C=O) groups is 1. The third-order valence-electron chi connectivity index (χ3n) is 5.08. The summed E-state index contributed by atoms with van der Waals surface area (Å²) in [5.41, 5.74) is 3.78. The third-order valence-corrected chi connectivity index (χ3v) is 6.15. The van der Waals surface area contributed by atoms with Crippen LogP contribution in [0.3, 0.4) is 0 Å². The van der Waals surface area contributed by atoms with Crippen molar-refractivity contribution in [2.75, 3.05) is 5.32 Å². The van der Waals surface area contributed by atoms with Crippen LogP contribution >= 0.6 is 11.3 Å². The smallest absolute Gasteiger partial charge is 0.324 e. The lowest BCUT2D eigenvalue weighted by Crippen LogP contribution is -2.28. The van der Waals surface area contributed by atoms with E-state index >= 15 is 0 Å². The molecule has 148 valence electrons. The summed E-state index contributed by atoms with van der Waals surface area (Å²) in [7, 11) is 1.71. The molecule has 0 radical (unpaired) electrons. The zero-order chi connectivity index (χ0) is 20.7.